The molecule has 0 aromatic heterocycles. The van der Waals surface area contributed by atoms with Gasteiger partial charge in [-0.3, -0.25) is 4.79 Å². The fourth-order valence-corrected chi connectivity index (χ4v) is 0.760. The van der Waals surface area contributed by atoms with E-state index in [1.165, 1.54) is 14.2 Å². The first-order valence-corrected chi connectivity index (χ1v) is 3.95. The van der Waals surface area contributed by atoms with Gasteiger partial charge in [0.25, 0.3) is 0 Å². The zero-order chi connectivity index (χ0) is 10.4. The van der Waals surface area contributed by atoms with Gasteiger partial charge in [-0.2, -0.15) is 0 Å². The maximum atomic E-state index is 11.0. The summed E-state index contributed by atoms with van der Waals surface area (Å²) in [6.45, 7) is 3.38. The molecular weight excluding hydrogens is 174 g/mol. The summed E-state index contributed by atoms with van der Waals surface area (Å²) in [4.78, 5) is 21.8. The minimum atomic E-state index is -0.553. The van der Waals surface area contributed by atoms with Crippen LogP contribution in [0.3, 0.4) is 0 Å². The van der Waals surface area contributed by atoms with Gasteiger partial charge in [-0.15, -0.1) is 0 Å². The Morgan fingerprint density at radius 2 is 1.69 bits per heavy atom. The second-order valence-corrected chi connectivity index (χ2v) is 2.74. The van der Waals surface area contributed by atoms with Gasteiger partial charge in [0.05, 0.1) is 20.1 Å². The summed E-state index contributed by atoms with van der Waals surface area (Å²) in [6.07, 6.45) is -0.553. The van der Waals surface area contributed by atoms with Crippen LogP contribution in [-0.2, 0) is 14.3 Å². The van der Waals surface area contributed by atoms with Crippen molar-refractivity contribution in [1.29, 1.82) is 0 Å². The predicted octanol–water partition coefficient (Wildman–Crippen LogP) is 0.540. The average Bonchev–Trinajstić information content (AvgIpc) is 2.14. The van der Waals surface area contributed by atoms with Crippen molar-refractivity contribution < 1.29 is 19.1 Å². The highest BCUT2D eigenvalue weighted by Crippen LogP contribution is 2.04. The van der Waals surface area contributed by atoms with E-state index in [0.717, 1.165) is 0 Å². The summed E-state index contributed by atoms with van der Waals surface area (Å²) in [7, 11) is 2.58. The lowest BCUT2D eigenvalue weighted by Gasteiger charge is -2.17. The van der Waals surface area contributed by atoms with Crippen molar-refractivity contribution in [2.24, 2.45) is 5.92 Å². The normalized spacial score (nSPS) is 14.2. The first kappa shape index (κ1) is 11.7. The van der Waals surface area contributed by atoms with Gasteiger partial charge in [-0.25, -0.2) is 4.79 Å². The summed E-state index contributed by atoms with van der Waals surface area (Å²) in [5, 5.41) is 2.48. The first-order valence-electron chi connectivity index (χ1n) is 3.95. The highest BCUT2D eigenvalue weighted by Gasteiger charge is 2.22. The minimum Gasteiger partial charge on any atom is -0.469 e. The molecule has 0 unspecified atom stereocenters. The van der Waals surface area contributed by atoms with E-state index in [4.69, 9.17) is 0 Å². The smallest absolute Gasteiger partial charge is 0.407 e. The van der Waals surface area contributed by atoms with Crippen molar-refractivity contribution >= 4 is 12.1 Å². The second kappa shape index (κ2) is 5.40. The molecule has 0 heterocycles. The Kier molecular flexibility index (Phi) is 4.87. The van der Waals surface area contributed by atoms with Crippen LogP contribution in [0.4, 0.5) is 4.79 Å². The molecule has 0 fully saturated rings. The van der Waals surface area contributed by atoms with E-state index in [1.807, 2.05) is 0 Å². The van der Waals surface area contributed by atoms with Crippen LogP contribution in [0, 0.1) is 5.92 Å². The van der Waals surface area contributed by atoms with Crippen LogP contribution >= 0.6 is 0 Å². The predicted molar refractivity (Wildman–Crippen MR) is 46.2 cm³/mol. The van der Waals surface area contributed by atoms with Crippen molar-refractivity contribution in [3.8, 4) is 0 Å². The van der Waals surface area contributed by atoms with Gasteiger partial charge in [-0.05, 0) is 13.8 Å². The van der Waals surface area contributed by atoms with E-state index in [2.05, 4.69) is 14.8 Å². The molecule has 76 valence electrons. The number of esters is 1. The summed E-state index contributed by atoms with van der Waals surface area (Å²) >= 11 is 0. The molecule has 1 N–H and O–H groups in total. The van der Waals surface area contributed by atoms with E-state index in [9.17, 15) is 9.59 Å². The molecule has 13 heavy (non-hydrogen) atoms. The zero-order valence-corrected chi connectivity index (χ0v) is 8.29. The van der Waals surface area contributed by atoms with Crippen LogP contribution in [0.2, 0.25) is 0 Å². The lowest BCUT2D eigenvalue weighted by molar-refractivity contribution is -0.145. The monoisotopic (exact) mass is 189 g/mol. The molecule has 1 amide bonds. The van der Waals surface area contributed by atoms with Crippen LogP contribution < -0.4 is 5.32 Å². The molecular formula is C8H15NO4. The number of rotatable bonds is 3. The molecule has 0 saturated heterocycles. The maximum Gasteiger partial charge on any atom is 0.407 e. The molecule has 5 heteroatoms. The Balaban J connectivity index is 4.02. The third kappa shape index (κ3) is 3.78. The Hall–Kier alpha value is -1.26. The number of nitrogens with one attached hydrogen (secondary N) is 1. The number of carbonyl (C=O) groups is 2. The van der Waals surface area contributed by atoms with Gasteiger partial charge in [0.15, 0.2) is 0 Å². The van der Waals surface area contributed by atoms with E-state index in [0.29, 0.717) is 0 Å². The van der Waals surface area contributed by atoms with E-state index >= 15 is 0 Å². The molecule has 5 nitrogen and oxygen atoms in total. The third-order valence-corrected chi connectivity index (χ3v) is 1.85. The van der Waals surface area contributed by atoms with Gasteiger partial charge in [-0.1, -0.05) is 0 Å². The van der Waals surface area contributed by atoms with Crippen LogP contribution in [0.5, 0.6) is 0 Å². The largest absolute Gasteiger partial charge is 0.469 e. The van der Waals surface area contributed by atoms with Crippen LogP contribution in [0.25, 0.3) is 0 Å². The first-order chi connectivity index (χ1) is 6.02. The lowest BCUT2D eigenvalue weighted by Crippen LogP contribution is -2.40. The molecule has 0 spiro atoms. The SMILES string of the molecule is COC(=O)N[C@H](C)[C@@H](C)C(=O)OC. The highest BCUT2D eigenvalue weighted by molar-refractivity contribution is 5.74. The van der Waals surface area contributed by atoms with Crippen LogP contribution in [-0.4, -0.2) is 32.3 Å². The Morgan fingerprint density at radius 1 is 1.15 bits per heavy atom. The van der Waals surface area contributed by atoms with Gasteiger partial charge >= 0.3 is 12.1 Å². The van der Waals surface area contributed by atoms with Crippen molar-refractivity contribution in [3.05, 3.63) is 0 Å². The average molecular weight is 189 g/mol. The van der Waals surface area contributed by atoms with Crippen molar-refractivity contribution in [3.63, 3.8) is 0 Å². The zero-order valence-electron chi connectivity index (χ0n) is 8.29. The summed E-state index contributed by atoms with van der Waals surface area (Å²) < 4.78 is 8.90. The number of carbonyl (C=O) groups excluding carboxylic acids is 2. The molecule has 0 bridgehead atoms. The molecule has 0 saturated carbocycles. The number of amides is 1. The van der Waals surface area contributed by atoms with E-state index in [-0.39, 0.29) is 17.9 Å². The van der Waals surface area contributed by atoms with E-state index in [1.54, 1.807) is 13.8 Å². The number of ether oxygens (including phenoxy) is 2. The fraction of sp³-hybridized carbons (Fsp3) is 0.750. The standard InChI is InChI=1S/C8H15NO4/c1-5(7(10)12-3)6(2)9-8(11)13-4/h5-6H,1-4H3,(H,9,11)/t5-,6-/m1/s1. The number of hydrogen-bond donors (Lipinski definition) is 1. The molecule has 0 aromatic rings. The van der Waals surface area contributed by atoms with Crippen molar-refractivity contribution in [1.82, 2.24) is 5.32 Å². The van der Waals surface area contributed by atoms with Crippen molar-refractivity contribution in [2.45, 2.75) is 19.9 Å². The molecule has 0 aliphatic carbocycles. The topological polar surface area (TPSA) is 64.6 Å². The fourth-order valence-electron chi connectivity index (χ4n) is 0.760. The molecule has 0 rings (SSSR count). The lowest BCUT2D eigenvalue weighted by atomic mass is 10.0. The third-order valence-electron chi connectivity index (χ3n) is 1.85. The highest BCUT2D eigenvalue weighted by atomic mass is 16.5. The molecule has 0 aliphatic rings. The second-order valence-electron chi connectivity index (χ2n) is 2.74. The number of hydrogen-bond acceptors (Lipinski definition) is 4. The maximum absolute atomic E-state index is 11.0. The molecule has 2 atom stereocenters. The summed E-state index contributed by atoms with van der Waals surface area (Å²) in [6, 6.07) is -0.306. The Labute approximate surface area is 77.4 Å². The molecule has 0 aromatic carbocycles. The van der Waals surface area contributed by atoms with Gasteiger partial charge < -0.3 is 14.8 Å². The Morgan fingerprint density at radius 3 is 2.08 bits per heavy atom. The van der Waals surface area contributed by atoms with Gasteiger partial charge in [0, 0.05) is 6.04 Å². The molecule has 0 aliphatic heterocycles. The summed E-state index contributed by atoms with van der Waals surface area (Å²) in [5.41, 5.74) is 0. The van der Waals surface area contributed by atoms with Crippen LogP contribution in [0.15, 0.2) is 0 Å². The van der Waals surface area contributed by atoms with Gasteiger partial charge in [0.2, 0.25) is 0 Å². The minimum absolute atomic E-state index is 0.306. The van der Waals surface area contributed by atoms with Crippen LogP contribution in [0.1, 0.15) is 13.8 Å². The number of methoxy groups -OCH3 is 2. The van der Waals surface area contributed by atoms with E-state index < -0.39 is 6.09 Å². The quantitative estimate of drug-likeness (QED) is 0.658. The van der Waals surface area contributed by atoms with Crippen molar-refractivity contribution in [2.75, 3.05) is 14.2 Å². The molecule has 0 radical (unpaired) electrons. The number of alkyl carbamates (subject to hydrolysis) is 1. The Bertz CT molecular complexity index is 193. The summed E-state index contributed by atoms with van der Waals surface area (Å²) in [5.74, 6) is -0.743. The van der Waals surface area contributed by atoms with Gasteiger partial charge in [0.1, 0.15) is 0 Å².